The summed E-state index contributed by atoms with van der Waals surface area (Å²) in [6, 6.07) is 4.29. The molecule has 2 N–H and O–H groups in total. The molecule has 16 heavy (non-hydrogen) atoms. The molecule has 0 radical (unpaired) electrons. The van der Waals surface area contributed by atoms with Gasteiger partial charge >= 0.3 is 0 Å². The number of aromatic hydroxyl groups is 1. The van der Waals surface area contributed by atoms with Gasteiger partial charge in [-0.1, -0.05) is 20.8 Å². The predicted octanol–water partition coefficient (Wildman–Crippen LogP) is 3.06. The van der Waals surface area contributed by atoms with Gasteiger partial charge < -0.3 is 10.4 Å². The van der Waals surface area contributed by atoms with Crippen LogP contribution in [0.15, 0.2) is 18.2 Å². The van der Waals surface area contributed by atoms with Gasteiger partial charge in [0.25, 0.3) is 0 Å². The van der Waals surface area contributed by atoms with E-state index in [1.54, 1.807) is 0 Å². The maximum absolute atomic E-state index is 13.0. The van der Waals surface area contributed by atoms with Crippen molar-refractivity contribution in [3.05, 3.63) is 29.6 Å². The smallest absolute Gasteiger partial charge is 0.123 e. The average Bonchev–Trinajstić information content (AvgIpc) is 2.17. The molecule has 1 aromatic carbocycles. The minimum absolute atomic E-state index is 0.134. The van der Waals surface area contributed by atoms with E-state index in [1.165, 1.54) is 18.2 Å². The lowest BCUT2D eigenvalue weighted by Crippen LogP contribution is -2.37. The van der Waals surface area contributed by atoms with E-state index in [9.17, 15) is 9.50 Å². The van der Waals surface area contributed by atoms with Crippen molar-refractivity contribution in [3.63, 3.8) is 0 Å². The molecular weight excluding hydrogens is 205 g/mol. The summed E-state index contributed by atoms with van der Waals surface area (Å²) in [5.41, 5.74) is 0.735. The number of hydrogen-bond donors (Lipinski definition) is 2. The van der Waals surface area contributed by atoms with Gasteiger partial charge in [-0.15, -0.1) is 0 Å². The van der Waals surface area contributed by atoms with E-state index < -0.39 is 0 Å². The SMILES string of the molecule is CC(NCc1cc(F)ccc1O)C(C)(C)C. The summed E-state index contributed by atoms with van der Waals surface area (Å²) in [6.45, 7) is 8.96. The summed E-state index contributed by atoms with van der Waals surface area (Å²) in [7, 11) is 0. The Morgan fingerprint density at radius 2 is 2.00 bits per heavy atom. The highest BCUT2D eigenvalue weighted by atomic mass is 19.1. The fraction of sp³-hybridized carbons (Fsp3) is 0.538. The van der Waals surface area contributed by atoms with Crippen molar-refractivity contribution in [1.82, 2.24) is 5.32 Å². The van der Waals surface area contributed by atoms with Crippen LogP contribution in [0.3, 0.4) is 0 Å². The Kier molecular flexibility index (Phi) is 3.92. The third kappa shape index (κ3) is 3.49. The van der Waals surface area contributed by atoms with Crippen LogP contribution in [-0.2, 0) is 6.54 Å². The van der Waals surface area contributed by atoms with Crippen molar-refractivity contribution < 1.29 is 9.50 Å². The van der Waals surface area contributed by atoms with Gasteiger partial charge in [-0.2, -0.15) is 0 Å². The van der Waals surface area contributed by atoms with Gasteiger partial charge in [-0.3, -0.25) is 0 Å². The molecule has 0 amide bonds. The van der Waals surface area contributed by atoms with Crippen molar-refractivity contribution in [2.24, 2.45) is 5.41 Å². The lowest BCUT2D eigenvalue weighted by atomic mass is 9.88. The molecule has 0 fully saturated rings. The van der Waals surface area contributed by atoms with Crippen LogP contribution in [0.2, 0.25) is 0 Å². The molecule has 0 heterocycles. The van der Waals surface area contributed by atoms with Gasteiger partial charge in [0.05, 0.1) is 0 Å². The number of benzene rings is 1. The van der Waals surface area contributed by atoms with Crippen molar-refractivity contribution in [1.29, 1.82) is 0 Å². The molecule has 90 valence electrons. The van der Waals surface area contributed by atoms with Crippen LogP contribution in [0.4, 0.5) is 4.39 Å². The summed E-state index contributed by atoms with van der Waals surface area (Å²) >= 11 is 0. The summed E-state index contributed by atoms with van der Waals surface area (Å²) < 4.78 is 13.0. The summed E-state index contributed by atoms with van der Waals surface area (Å²) in [6.07, 6.45) is 0. The zero-order chi connectivity index (χ0) is 12.3. The normalized spacial score (nSPS) is 13.8. The minimum atomic E-state index is -0.321. The van der Waals surface area contributed by atoms with Crippen LogP contribution in [0.1, 0.15) is 33.3 Å². The third-order valence-electron chi connectivity index (χ3n) is 2.94. The Hall–Kier alpha value is -1.09. The fourth-order valence-electron chi connectivity index (χ4n) is 1.26. The quantitative estimate of drug-likeness (QED) is 0.828. The number of phenols is 1. The van der Waals surface area contributed by atoms with Gasteiger partial charge in [0.1, 0.15) is 11.6 Å². The molecule has 0 spiro atoms. The number of hydrogen-bond acceptors (Lipinski definition) is 2. The molecule has 2 nitrogen and oxygen atoms in total. The lowest BCUT2D eigenvalue weighted by molar-refractivity contribution is 0.284. The highest BCUT2D eigenvalue weighted by Crippen LogP contribution is 2.21. The Balaban J connectivity index is 2.64. The second-order valence-electron chi connectivity index (χ2n) is 5.24. The molecule has 0 aliphatic rings. The van der Waals surface area contributed by atoms with Crippen LogP contribution in [0, 0.1) is 11.2 Å². The van der Waals surface area contributed by atoms with E-state index in [4.69, 9.17) is 0 Å². The lowest BCUT2D eigenvalue weighted by Gasteiger charge is -2.28. The molecule has 0 aliphatic heterocycles. The molecule has 0 saturated heterocycles. The zero-order valence-electron chi connectivity index (χ0n) is 10.3. The molecule has 0 aliphatic carbocycles. The van der Waals surface area contributed by atoms with Gasteiger partial charge in [-0.25, -0.2) is 4.39 Å². The van der Waals surface area contributed by atoms with Crippen LogP contribution in [0.25, 0.3) is 0 Å². The average molecular weight is 225 g/mol. The van der Waals surface area contributed by atoms with Gasteiger partial charge in [-0.05, 0) is 30.5 Å². The van der Waals surface area contributed by atoms with E-state index in [0.29, 0.717) is 12.1 Å². The maximum atomic E-state index is 13.0. The van der Waals surface area contributed by atoms with E-state index >= 15 is 0 Å². The summed E-state index contributed by atoms with van der Waals surface area (Å²) in [5.74, 6) is -0.187. The molecular formula is C13H20FNO. The van der Waals surface area contributed by atoms with Crippen LogP contribution < -0.4 is 5.32 Å². The van der Waals surface area contributed by atoms with E-state index in [2.05, 4.69) is 33.0 Å². The Morgan fingerprint density at radius 3 is 2.56 bits per heavy atom. The zero-order valence-corrected chi connectivity index (χ0v) is 10.3. The Morgan fingerprint density at radius 1 is 1.38 bits per heavy atom. The number of rotatable bonds is 3. The second-order valence-corrected chi connectivity index (χ2v) is 5.24. The second kappa shape index (κ2) is 4.83. The van der Waals surface area contributed by atoms with Crippen molar-refractivity contribution in [3.8, 4) is 5.75 Å². The molecule has 1 aromatic rings. The molecule has 0 saturated carbocycles. The molecule has 0 aromatic heterocycles. The first-order valence-corrected chi connectivity index (χ1v) is 5.51. The number of nitrogens with one attached hydrogen (secondary N) is 1. The highest BCUT2D eigenvalue weighted by molar-refractivity contribution is 5.32. The number of halogens is 1. The van der Waals surface area contributed by atoms with E-state index in [0.717, 1.165) is 0 Å². The summed E-state index contributed by atoms with van der Waals surface area (Å²) in [4.78, 5) is 0. The molecule has 1 rings (SSSR count). The van der Waals surface area contributed by atoms with E-state index in [1.807, 2.05) is 0 Å². The highest BCUT2D eigenvalue weighted by Gasteiger charge is 2.19. The molecule has 3 heteroatoms. The van der Waals surface area contributed by atoms with Crippen molar-refractivity contribution >= 4 is 0 Å². The first-order chi connectivity index (χ1) is 7.30. The third-order valence-corrected chi connectivity index (χ3v) is 2.94. The largest absolute Gasteiger partial charge is 0.508 e. The standard InChI is InChI=1S/C13H20FNO/c1-9(13(2,3)4)15-8-10-7-11(14)5-6-12(10)16/h5-7,9,15-16H,8H2,1-4H3. The monoisotopic (exact) mass is 225 g/mol. The van der Waals surface area contributed by atoms with Crippen molar-refractivity contribution in [2.45, 2.75) is 40.3 Å². The summed E-state index contributed by atoms with van der Waals surface area (Å²) in [5, 5.41) is 12.8. The Labute approximate surface area is 96.5 Å². The van der Waals surface area contributed by atoms with Gasteiger partial charge in [0.15, 0.2) is 0 Å². The molecule has 1 unspecified atom stereocenters. The van der Waals surface area contributed by atoms with Gasteiger partial charge in [0.2, 0.25) is 0 Å². The number of phenolic OH excluding ortho intramolecular Hbond substituents is 1. The fourth-order valence-corrected chi connectivity index (χ4v) is 1.26. The predicted molar refractivity (Wildman–Crippen MR) is 63.8 cm³/mol. The first kappa shape index (κ1) is 13.0. The van der Waals surface area contributed by atoms with Crippen LogP contribution >= 0.6 is 0 Å². The van der Waals surface area contributed by atoms with Crippen LogP contribution in [-0.4, -0.2) is 11.1 Å². The van der Waals surface area contributed by atoms with Crippen molar-refractivity contribution in [2.75, 3.05) is 0 Å². The van der Waals surface area contributed by atoms with E-state index in [-0.39, 0.29) is 23.0 Å². The van der Waals surface area contributed by atoms with Gasteiger partial charge in [0, 0.05) is 18.2 Å². The first-order valence-electron chi connectivity index (χ1n) is 5.51. The van der Waals surface area contributed by atoms with Crippen LogP contribution in [0.5, 0.6) is 5.75 Å². The Bertz CT molecular complexity index is 357. The maximum Gasteiger partial charge on any atom is 0.123 e. The molecule has 0 bridgehead atoms. The molecule has 1 atom stereocenters. The minimum Gasteiger partial charge on any atom is -0.508 e. The topological polar surface area (TPSA) is 32.3 Å².